The molecule has 1 aliphatic heterocycles. The van der Waals surface area contributed by atoms with Gasteiger partial charge in [-0.25, -0.2) is 0 Å². The van der Waals surface area contributed by atoms with E-state index in [4.69, 9.17) is 23.7 Å². The molecule has 0 aliphatic carbocycles. The third kappa shape index (κ3) is 5.67. The lowest BCUT2D eigenvalue weighted by molar-refractivity contribution is -0.266. The number of carbonyl (C=O) groups is 1. The molecule has 2 aromatic carbocycles. The van der Waals surface area contributed by atoms with Gasteiger partial charge < -0.3 is 23.7 Å². The first-order valence-electron chi connectivity index (χ1n) is 9.45. The first-order chi connectivity index (χ1) is 14.1. The monoisotopic (exact) mass is 398 g/mol. The van der Waals surface area contributed by atoms with Gasteiger partial charge in [0.15, 0.2) is 12.2 Å². The standard InChI is InChI=1S/C23H26O6/c1-16-20(29-17(2)24)21(26-14-18-10-6-4-7-11-18)22(23(25-3)28-16)27-15-19-12-8-5-9-13-19/h4-13,20-23H,1,14-15H2,2-3H3/t20-,21-,22+,23+/m1/s1. The molecule has 1 saturated heterocycles. The molecule has 0 spiro atoms. The molecule has 0 amide bonds. The van der Waals surface area contributed by atoms with Crippen LogP contribution in [0.2, 0.25) is 0 Å². The molecule has 6 heteroatoms. The Hall–Kier alpha value is -2.67. The van der Waals surface area contributed by atoms with E-state index in [0.29, 0.717) is 13.2 Å². The molecule has 6 nitrogen and oxygen atoms in total. The Kier molecular flexibility index (Phi) is 7.41. The summed E-state index contributed by atoms with van der Waals surface area (Å²) < 4.78 is 28.9. The van der Waals surface area contributed by atoms with Crippen LogP contribution < -0.4 is 0 Å². The molecular formula is C23H26O6. The van der Waals surface area contributed by atoms with Crippen LogP contribution in [0.5, 0.6) is 0 Å². The minimum Gasteiger partial charge on any atom is -0.463 e. The quantitative estimate of drug-likeness (QED) is 0.633. The Bertz CT molecular complexity index is 792. The molecule has 1 aliphatic rings. The van der Waals surface area contributed by atoms with E-state index in [9.17, 15) is 4.79 Å². The summed E-state index contributed by atoms with van der Waals surface area (Å²) in [6, 6.07) is 19.5. The molecule has 0 radical (unpaired) electrons. The highest BCUT2D eigenvalue weighted by atomic mass is 16.7. The van der Waals surface area contributed by atoms with Crippen LogP contribution in [0.3, 0.4) is 0 Å². The fraction of sp³-hybridized carbons (Fsp3) is 0.348. The number of carbonyl (C=O) groups excluding carboxylic acids is 1. The minimum atomic E-state index is -0.802. The van der Waals surface area contributed by atoms with Gasteiger partial charge in [0.1, 0.15) is 11.9 Å². The van der Waals surface area contributed by atoms with Crippen molar-refractivity contribution in [3.05, 3.63) is 84.1 Å². The van der Waals surface area contributed by atoms with Crippen LogP contribution in [-0.2, 0) is 41.7 Å². The van der Waals surface area contributed by atoms with Gasteiger partial charge in [-0.2, -0.15) is 0 Å². The summed E-state index contributed by atoms with van der Waals surface area (Å²) in [5.41, 5.74) is 1.99. The number of benzene rings is 2. The van der Waals surface area contributed by atoms with Crippen LogP contribution in [-0.4, -0.2) is 37.7 Å². The topological polar surface area (TPSA) is 63.2 Å². The van der Waals surface area contributed by atoms with E-state index in [-0.39, 0.29) is 5.76 Å². The molecule has 0 bridgehead atoms. The largest absolute Gasteiger partial charge is 0.463 e. The number of ether oxygens (including phenoxy) is 5. The second kappa shape index (κ2) is 10.2. The van der Waals surface area contributed by atoms with Gasteiger partial charge >= 0.3 is 5.97 Å². The average molecular weight is 398 g/mol. The summed E-state index contributed by atoms with van der Waals surface area (Å²) in [7, 11) is 1.53. The molecule has 0 saturated carbocycles. The number of hydrogen-bond donors (Lipinski definition) is 0. The van der Waals surface area contributed by atoms with Gasteiger partial charge in [-0.05, 0) is 11.1 Å². The predicted molar refractivity (Wildman–Crippen MR) is 107 cm³/mol. The molecule has 3 rings (SSSR count). The highest BCUT2D eigenvalue weighted by Crippen LogP contribution is 2.31. The Morgan fingerprint density at radius 2 is 1.45 bits per heavy atom. The van der Waals surface area contributed by atoms with Gasteiger partial charge in [-0.15, -0.1) is 0 Å². The van der Waals surface area contributed by atoms with Crippen molar-refractivity contribution in [3.63, 3.8) is 0 Å². The summed E-state index contributed by atoms with van der Waals surface area (Å²) in [6.45, 7) is 5.88. The molecule has 1 fully saturated rings. The molecule has 2 aromatic rings. The zero-order valence-electron chi connectivity index (χ0n) is 16.7. The molecule has 0 unspecified atom stereocenters. The van der Waals surface area contributed by atoms with Gasteiger partial charge in [0, 0.05) is 14.0 Å². The number of methoxy groups -OCH3 is 1. The zero-order chi connectivity index (χ0) is 20.6. The Morgan fingerprint density at radius 3 is 1.93 bits per heavy atom. The summed E-state index contributed by atoms with van der Waals surface area (Å²) in [6.07, 6.45) is -2.81. The summed E-state index contributed by atoms with van der Waals surface area (Å²) in [4.78, 5) is 11.7. The van der Waals surface area contributed by atoms with E-state index >= 15 is 0 Å². The maximum atomic E-state index is 11.7. The van der Waals surface area contributed by atoms with Crippen LogP contribution in [0.15, 0.2) is 73.0 Å². The van der Waals surface area contributed by atoms with Gasteiger partial charge in [0.05, 0.1) is 13.2 Å². The van der Waals surface area contributed by atoms with E-state index in [2.05, 4.69) is 6.58 Å². The lowest BCUT2D eigenvalue weighted by Gasteiger charge is -2.42. The maximum absolute atomic E-state index is 11.7. The molecule has 154 valence electrons. The average Bonchev–Trinajstić information content (AvgIpc) is 2.74. The van der Waals surface area contributed by atoms with E-state index in [1.807, 2.05) is 60.7 Å². The van der Waals surface area contributed by atoms with Crippen molar-refractivity contribution in [1.29, 1.82) is 0 Å². The van der Waals surface area contributed by atoms with E-state index < -0.39 is 30.6 Å². The van der Waals surface area contributed by atoms with Crippen LogP contribution >= 0.6 is 0 Å². The van der Waals surface area contributed by atoms with Crippen molar-refractivity contribution < 1.29 is 28.5 Å². The molecule has 0 aromatic heterocycles. The highest BCUT2D eigenvalue weighted by molar-refractivity contribution is 5.66. The molecule has 0 N–H and O–H groups in total. The van der Waals surface area contributed by atoms with Crippen LogP contribution in [0.25, 0.3) is 0 Å². The number of hydrogen-bond acceptors (Lipinski definition) is 6. The third-order valence-corrected chi connectivity index (χ3v) is 4.57. The fourth-order valence-corrected chi connectivity index (χ4v) is 3.18. The summed E-state index contributed by atoms with van der Waals surface area (Å²) in [5, 5.41) is 0. The Labute approximate surface area is 171 Å². The van der Waals surface area contributed by atoms with E-state index in [1.54, 1.807) is 0 Å². The maximum Gasteiger partial charge on any atom is 0.303 e. The van der Waals surface area contributed by atoms with Crippen molar-refractivity contribution in [1.82, 2.24) is 0 Å². The SMILES string of the molecule is C=C1O[C@H](OC)[C@@H](OCc2ccccc2)[C@H](OCc2ccccc2)[C@@H]1OC(C)=O. The van der Waals surface area contributed by atoms with E-state index in [1.165, 1.54) is 14.0 Å². The molecule has 4 atom stereocenters. The smallest absolute Gasteiger partial charge is 0.303 e. The minimum absolute atomic E-state index is 0.268. The summed E-state index contributed by atoms with van der Waals surface area (Å²) >= 11 is 0. The van der Waals surface area contributed by atoms with Crippen molar-refractivity contribution in [2.75, 3.05) is 7.11 Å². The summed E-state index contributed by atoms with van der Waals surface area (Å²) in [5.74, 6) is -0.185. The number of rotatable bonds is 8. The molecule has 1 heterocycles. The molecular weight excluding hydrogens is 372 g/mol. The van der Waals surface area contributed by atoms with Gasteiger partial charge in [0.2, 0.25) is 6.29 Å². The first-order valence-corrected chi connectivity index (χ1v) is 9.45. The third-order valence-electron chi connectivity index (χ3n) is 4.57. The zero-order valence-corrected chi connectivity index (χ0v) is 16.7. The second-order valence-electron chi connectivity index (χ2n) is 6.74. The predicted octanol–water partition coefficient (Wildman–Crippen LogP) is 3.61. The van der Waals surface area contributed by atoms with Crippen molar-refractivity contribution in [2.24, 2.45) is 0 Å². The van der Waals surface area contributed by atoms with Crippen molar-refractivity contribution >= 4 is 5.97 Å². The van der Waals surface area contributed by atoms with Crippen LogP contribution in [0, 0.1) is 0 Å². The lowest BCUT2D eigenvalue weighted by atomic mass is 10.0. The van der Waals surface area contributed by atoms with E-state index in [0.717, 1.165) is 11.1 Å². The highest BCUT2D eigenvalue weighted by Gasteiger charge is 2.47. The van der Waals surface area contributed by atoms with Crippen LogP contribution in [0.1, 0.15) is 18.1 Å². The first kappa shape index (κ1) is 21.0. The van der Waals surface area contributed by atoms with Gasteiger partial charge in [-0.1, -0.05) is 67.2 Å². The number of esters is 1. The Balaban J connectivity index is 1.81. The molecule has 29 heavy (non-hydrogen) atoms. The lowest BCUT2D eigenvalue weighted by Crippen LogP contribution is -2.55. The van der Waals surface area contributed by atoms with Crippen LogP contribution in [0.4, 0.5) is 0 Å². The fourth-order valence-electron chi connectivity index (χ4n) is 3.18. The normalized spacial score (nSPS) is 24.0. The van der Waals surface area contributed by atoms with Gasteiger partial charge in [0.25, 0.3) is 0 Å². The van der Waals surface area contributed by atoms with Crippen molar-refractivity contribution in [3.8, 4) is 0 Å². The van der Waals surface area contributed by atoms with Crippen molar-refractivity contribution in [2.45, 2.75) is 44.7 Å². The second-order valence-corrected chi connectivity index (χ2v) is 6.74. The van der Waals surface area contributed by atoms with Gasteiger partial charge in [-0.3, -0.25) is 4.79 Å². The Morgan fingerprint density at radius 1 is 0.931 bits per heavy atom.